The van der Waals surface area contributed by atoms with Crippen molar-refractivity contribution in [1.29, 1.82) is 5.26 Å². The zero-order valence-electron chi connectivity index (χ0n) is 17.3. The minimum atomic E-state index is -0.611. The average Bonchev–Trinajstić information content (AvgIpc) is 3.31. The SMILES string of the molecule is Cc1ccc(NC(=O)/C(C#N)=C/c2cc(C)n(CC3CCCO3)c2C)cc1[N+](=O)[O-]. The van der Waals surface area contributed by atoms with E-state index in [0.29, 0.717) is 5.56 Å². The zero-order chi connectivity index (χ0) is 21.8. The molecule has 1 fully saturated rings. The lowest BCUT2D eigenvalue weighted by molar-refractivity contribution is -0.385. The first-order chi connectivity index (χ1) is 14.3. The van der Waals surface area contributed by atoms with Crippen LogP contribution in [-0.4, -0.2) is 28.1 Å². The average molecular weight is 408 g/mol. The maximum absolute atomic E-state index is 12.6. The summed E-state index contributed by atoms with van der Waals surface area (Å²) in [4.78, 5) is 23.2. The van der Waals surface area contributed by atoms with Gasteiger partial charge in [-0.1, -0.05) is 6.07 Å². The molecule has 8 nitrogen and oxygen atoms in total. The molecular weight excluding hydrogens is 384 g/mol. The summed E-state index contributed by atoms with van der Waals surface area (Å²) in [5.74, 6) is -0.611. The number of nitro benzene ring substituents is 1. The maximum Gasteiger partial charge on any atom is 0.274 e. The predicted octanol–water partition coefficient (Wildman–Crippen LogP) is 4.05. The van der Waals surface area contributed by atoms with Crippen LogP contribution >= 0.6 is 0 Å². The van der Waals surface area contributed by atoms with Gasteiger partial charge in [-0.15, -0.1) is 0 Å². The fourth-order valence-electron chi connectivity index (χ4n) is 3.63. The van der Waals surface area contributed by atoms with Crippen molar-refractivity contribution in [2.75, 3.05) is 11.9 Å². The van der Waals surface area contributed by atoms with Gasteiger partial charge in [0.15, 0.2) is 0 Å². The summed E-state index contributed by atoms with van der Waals surface area (Å²) in [5, 5.41) is 23.2. The Morgan fingerprint density at radius 3 is 2.80 bits per heavy atom. The summed E-state index contributed by atoms with van der Waals surface area (Å²) < 4.78 is 7.85. The Labute approximate surface area is 174 Å². The van der Waals surface area contributed by atoms with Crippen LogP contribution in [0, 0.1) is 42.2 Å². The van der Waals surface area contributed by atoms with Gasteiger partial charge in [0.05, 0.1) is 11.0 Å². The Hall–Kier alpha value is -3.44. The fraction of sp³-hybridized carbons (Fsp3) is 0.364. The molecule has 0 aliphatic carbocycles. The van der Waals surface area contributed by atoms with Crippen LogP contribution in [0.1, 0.15) is 35.4 Å². The highest BCUT2D eigenvalue weighted by atomic mass is 16.6. The summed E-state index contributed by atoms with van der Waals surface area (Å²) in [6, 6.07) is 8.28. The summed E-state index contributed by atoms with van der Waals surface area (Å²) in [7, 11) is 0. The van der Waals surface area contributed by atoms with Crippen molar-refractivity contribution in [3.05, 3.63) is 62.5 Å². The number of hydrogen-bond acceptors (Lipinski definition) is 5. The van der Waals surface area contributed by atoms with Gasteiger partial charge in [0.1, 0.15) is 11.6 Å². The van der Waals surface area contributed by atoms with E-state index in [0.717, 1.165) is 42.9 Å². The van der Waals surface area contributed by atoms with Crippen LogP contribution in [0.25, 0.3) is 6.08 Å². The van der Waals surface area contributed by atoms with E-state index in [2.05, 4.69) is 9.88 Å². The largest absolute Gasteiger partial charge is 0.376 e. The van der Waals surface area contributed by atoms with E-state index in [1.807, 2.05) is 26.0 Å². The summed E-state index contributed by atoms with van der Waals surface area (Å²) in [5.41, 5.74) is 3.36. The Morgan fingerprint density at radius 1 is 1.40 bits per heavy atom. The van der Waals surface area contributed by atoms with Crippen LogP contribution in [-0.2, 0) is 16.1 Å². The Kier molecular flexibility index (Phi) is 6.33. The van der Waals surface area contributed by atoms with E-state index in [4.69, 9.17) is 4.74 Å². The van der Waals surface area contributed by atoms with Crippen molar-refractivity contribution < 1.29 is 14.5 Å². The van der Waals surface area contributed by atoms with Crippen molar-refractivity contribution in [2.24, 2.45) is 0 Å². The molecule has 1 atom stereocenters. The van der Waals surface area contributed by atoms with E-state index in [-0.39, 0.29) is 23.1 Å². The number of anilines is 1. The molecule has 8 heteroatoms. The highest BCUT2D eigenvalue weighted by Gasteiger charge is 2.20. The highest BCUT2D eigenvalue weighted by Crippen LogP contribution is 2.24. The van der Waals surface area contributed by atoms with Crippen LogP contribution in [0.5, 0.6) is 0 Å². The normalized spacial score (nSPS) is 16.3. The van der Waals surface area contributed by atoms with Gasteiger partial charge in [-0.2, -0.15) is 5.26 Å². The van der Waals surface area contributed by atoms with Gasteiger partial charge in [-0.3, -0.25) is 14.9 Å². The minimum absolute atomic E-state index is 0.0735. The van der Waals surface area contributed by atoms with E-state index < -0.39 is 10.8 Å². The number of nitro groups is 1. The van der Waals surface area contributed by atoms with Crippen LogP contribution in [0.3, 0.4) is 0 Å². The Balaban J connectivity index is 1.82. The van der Waals surface area contributed by atoms with Gasteiger partial charge in [0, 0.05) is 41.9 Å². The Morgan fingerprint density at radius 2 is 2.17 bits per heavy atom. The van der Waals surface area contributed by atoms with Crippen LogP contribution in [0.15, 0.2) is 29.8 Å². The van der Waals surface area contributed by atoms with Gasteiger partial charge in [0.25, 0.3) is 11.6 Å². The smallest absolute Gasteiger partial charge is 0.274 e. The van der Waals surface area contributed by atoms with Gasteiger partial charge >= 0.3 is 0 Å². The Bertz CT molecular complexity index is 1060. The quantitative estimate of drug-likeness (QED) is 0.336. The number of aryl methyl sites for hydroxylation is 2. The molecule has 2 aromatic rings. The number of nitrogens with zero attached hydrogens (tertiary/aromatic N) is 3. The van der Waals surface area contributed by atoms with Crippen LogP contribution in [0.2, 0.25) is 0 Å². The van der Waals surface area contributed by atoms with Gasteiger partial charge in [-0.25, -0.2) is 0 Å². The molecular formula is C22H24N4O4. The second-order valence-electron chi connectivity index (χ2n) is 7.45. The third-order valence-electron chi connectivity index (χ3n) is 5.35. The number of hydrogen-bond donors (Lipinski definition) is 1. The third-order valence-corrected chi connectivity index (χ3v) is 5.35. The number of carbonyl (C=O) groups excluding carboxylic acids is 1. The number of aromatic nitrogens is 1. The molecule has 0 bridgehead atoms. The number of rotatable bonds is 6. The summed E-state index contributed by atoms with van der Waals surface area (Å²) >= 11 is 0. The highest BCUT2D eigenvalue weighted by molar-refractivity contribution is 6.09. The van der Waals surface area contributed by atoms with Crippen molar-refractivity contribution in [2.45, 2.75) is 46.3 Å². The zero-order valence-corrected chi connectivity index (χ0v) is 17.3. The molecule has 1 amide bonds. The molecule has 30 heavy (non-hydrogen) atoms. The predicted molar refractivity (Wildman–Crippen MR) is 113 cm³/mol. The van der Waals surface area contributed by atoms with Gasteiger partial charge in [-0.05, 0) is 57.4 Å². The first-order valence-corrected chi connectivity index (χ1v) is 9.76. The van der Waals surface area contributed by atoms with Crippen molar-refractivity contribution in [3.8, 4) is 6.07 Å². The lowest BCUT2D eigenvalue weighted by Gasteiger charge is -2.14. The molecule has 1 aromatic carbocycles. The standard InChI is InChI=1S/C22H24N4O4/c1-14-6-7-19(11-21(14)26(28)29)24-22(27)18(12-23)10-17-9-15(2)25(16(17)3)13-20-5-4-8-30-20/h6-7,9-11,20H,4-5,8,13H2,1-3H3,(H,24,27)/b18-10+. The molecule has 156 valence electrons. The molecule has 2 heterocycles. The number of ether oxygens (including phenoxy) is 1. The molecule has 3 rings (SSSR count). The summed E-state index contributed by atoms with van der Waals surface area (Å²) in [6.07, 6.45) is 3.82. The van der Waals surface area contributed by atoms with E-state index in [1.165, 1.54) is 6.07 Å². The molecule has 1 N–H and O–H groups in total. The molecule has 1 aliphatic rings. The number of carbonyl (C=O) groups is 1. The third kappa shape index (κ3) is 4.58. The second-order valence-corrected chi connectivity index (χ2v) is 7.45. The topological polar surface area (TPSA) is 110 Å². The molecule has 0 spiro atoms. The molecule has 1 saturated heterocycles. The molecule has 1 unspecified atom stereocenters. The molecule has 1 aromatic heterocycles. The first kappa shape index (κ1) is 21.3. The van der Waals surface area contributed by atoms with Gasteiger partial charge in [0.2, 0.25) is 0 Å². The number of nitriles is 1. The van der Waals surface area contributed by atoms with Crippen molar-refractivity contribution >= 4 is 23.4 Å². The van der Waals surface area contributed by atoms with E-state index in [9.17, 15) is 20.2 Å². The summed E-state index contributed by atoms with van der Waals surface area (Å²) in [6.45, 7) is 7.08. The molecule has 0 radical (unpaired) electrons. The maximum atomic E-state index is 12.6. The van der Waals surface area contributed by atoms with E-state index >= 15 is 0 Å². The van der Waals surface area contributed by atoms with E-state index in [1.54, 1.807) is 25.1 Å². The van der Waals surface area contributed by atoms with Crippen LogP contribution < -0.4 is 5.32 Å². The monoisotopic (exact) mass is 408 g/mol. The first-order valence-electron chi connectivity index (χ1n) is 9.76. The molecule has 0 saturated carbocycles. The fourth-order valence-corrected chi connectivity index (χ4v) is 3.63. The number of amides is 1. The number of nitrogens with one attached hydrogen (secondary N) is 1. The van der Waals surface area contributed by atoms with Gasteiger partial charge < -0.3 is 14.6 Å². The lowest BCUT2D eigenvalue weighted by Crippen LogP contribution is -2.17. The van der Waals surface area contributed by atoms with Crippen molar-refractivity contribution in [1.82, 2.24) is 4.57 Å². The second kappa shape index (κ2) is 8.93. The number of benzene rings is 1. The minimum Gasteiger partial charge on any atom is -0.376 e. The van der Waals surface area contributed by atoms with Crippen LogP contribution in [0.4, 0.5) is 11.4 Å². The lowest BCUT2D eigenvalue weighted by atomic mass is 10.1. The molecule has 1 aliphatic heterocycles. The van der Waals surface area contributed by atoms with Crippen molar-refractivity contribution in [3.63, 3.8) is 0 Å².